The molecule has 9 nitrogen and oxygen atoms in total. The van der Waals surface area contributed by atoms with Gasteiger partial charge in [-0.25, -0.2) is 9.97 Å². The number of hydrogen-bond acceptors (Lipinski definition) is 10. The summed E-state index contributed by atoms with van der Waals surface area (Å²) >= 11 is 1.69. The SMILES string of the molecule is COc1ccnc(-c2c(CCC3CCOCC3)nc3c(c2-c2cc4ccnc(NC5CCc6ncccc65)c4s2)S(=O)CC3C(C)C)n1. The highest BCUT2D eigenvalue weighted by Gasteiger charge is 2.38. The number of hydrogen-bond donors (Lipinski definition) is 1. The fourth-order valence-corrected chi connectivity index (χ4v) is 10.6. The summed E-state index contributed by atoms with van der Waals surface area (Å²) in [6.45, 7) is 6.03. The van der Waals surface area contributed by atoms with Crippen molar-refractivity contribution in [2.45, 2.75) is 69.2 Å². The van der Waals surface area contributed by atoms with Crippen LogP contribution in [0.3, 0.4) is 0 Å². The molecule has 3 unspecified atom stereocenters. The summed E-state index contributed by atoms with van der Waals surface area (Å²) in [4.78, 5) is 26.3. The molecule has 48 heavy (non-hydrogen) atoms. The minimum absolute atomic E-state index is 0.117. The molecule has 0 radical (unpaired) electrons. The molecule has 1 N–H and O–H groups in total. The summed E-state index contributed by atoms with van der Waals surface area (Å²) in [7, 11) is 0.399. The van der Waals surface area contributed by atoms with Gasteiger partial charge in [0.1, 0.15) is 5.82 Å². The molecule has 248 valence electrons. The zero-order chi connectivity index (χ0) is 32.8. The summed E-state index contributed by atoms with van der Waals surface area (Å²) in [5.74, 6) is 3.47. The lowest BCUT2D eigenvalue weighted by atomic mass is 9.89. The smallest absolute Gasteiger partial charge is 0.216 e. The number of nitrogens with one attached hydrogen (secondary N) is 1. The van der Waals surface area contributed by atoms with Gasteiger partial charge >= 0.3 is 0 Å². The summed E-state index contributed by atoms with van der Waals surface area (Å²) in [5, 5.41) is 4.84. The number of rotatable bonds is 9. The molecule has 1 fully saturated rings. The van der Waals surface area contributed by atoms with Crippen molar-refractivity contribution >= 4 is 38.0 Å². The van der Waals surface area contributed by atoms with Gasteiger partial charge in [-0.1, -0.05) is 19.9 Å². The van der Waals surface area contributed by atoms with Gasteiger partial charge in [0.25, 0.3) is 0 Å². The van der Waals surface area contributed by atoms with Crippen LogP contribution in [0.1, 0.15) is 74.1 Å². The van der Waals surface area contributed by atoms with Crippen molar-refractivity contribution in [3.05, 3.63) is 71.6 Å². The van der Waals surface area contributed by atoms with Gasteiger partial charge in [0.15, 0.2) is 5.82 Å². The van der Waals surface area contributed by atoms with Crippen molar-refractivity contribution in [2.75, 3.05) is 31.4 Å². The van der Waals surface area contributed by atoms with Gasteiger partial charge in [0, 0.05) is 65.7 Å². The third kappa shape index (κ3) is 5.79. The third-order valence-corrected chi connectivity index (χ3v) is 12.8. The number of anilines is 1. The van der Waals surface area contributed by atoms with E-state index in [9.17, 15) is 4.21 Å². The lowest BCUT2D eigenvalue weighted by Crippen LogP contribution is -2.17. The summed E-state index contributed by atoms with van der Waals surface area (Å²) < 4.78 is 26.5. The number of aryl methyl sites for hydroxylation is 2. The number of aromatic nitrogens is 5. The van der Waals surface area contributed by atoms with Crippen LogP contribution in [0.4, 0.5) is 5.82 Å². The molecule has 0 bridgehead atoms. The molecule has 11 heteroatoms. The van der Waals surface area contributed by atoms with Crippen LogP contribution in [0, 0.1) is 11.8 Å². The summed E-state index contributed by atoms with van der Waals surface area (Å²) in [6, 6.07) is 10.4. The van der Waals surface area contributed by atoms with Crippen LogP contribution in [0.5, 0.6) is 5.88 Å². The topological polar surface area (TPSA) is 112 Å². The van der Waals surface area contributed by atoms with Crippen LogP contribution in [-0.2, 0) is 28.4 Å². The Kier molecular flexibility index (Phi) is 8.69. The van der Waals surface area contributed by atoms with Crippen LogP contribution < -0.4 is 10.1 Å². The summed E-state index contributed by atoms with van der Waals surface area (Å²) in [6.07, 6.45) is 11.3. The number of ether oxygens (including phenoxy) is 2. The molecule has 0 aromatic carbocycles. The quantitative estimate of drug-likeness (QED) is 0.169. The average Bonchev–Trinajstić information content (AvgIpc) is 3.83. The van der Waals surface area contributed by atoms with E-state index in [0.717, 1.165) is 106 Å². The van der Waals surface area contributed by atoms with E-state index in [4.69, 9.17) is 29.4 Å². The summed E-state index contributed by atoms with van der Waals surface area (Å²) in [5.41, 5.74) is 6.14. The molecule has 0 spiro atoms. The lowest BCUT2D eigenvalue weighted by molar-refractivity contribution is 0.0639. The van der Waals surface area contributed by atoms with Gasteiger partial charge in [-0.3, -0.25) is 14.2 Å². The highest BCUT2D eigenvalue weighted by atomic mass is 32.2. The highest BCUT2D eigenvalue weighted by molar-refractivity contribution is 7.85. The molecule has 1 aliphatic carbocycles. The molecule has 0 saturated carbocycles. The molecule has 2 aliphatic heterocycles. The van der Waals surface area contributed by atoms with Gasteiger partial charge < -0.3 is 14.8 Å². The number of pyridine rings is 3. The predicted molar refractivity (Wildman–Crippen MR) is 190 cm³/mol. The molecule has 8 rings (SSSR count). The Balaban J connectivity index is 1.31. The van der Waals surface area contributed by atoms with E-state index in [1.807, 2.05) is 18.5 Å². The Morgan fingerprint density at radius 1 is 1.04 bits per heavy atom. The first kappa shape index (κ1) is 31.5. The zero-order valence-corrected chi connectivity index (χ0v) is 29.2. The number of fused-ring (bicyclic) bond motifs is 3. The van der Waals surface area contributed by atoms with Gasteiger partial charge in [-0.15, -0.1) is 11.3 Å². The van der Waals surface area contributed by atoms with Crippen LogP contribution >= 0.6 is 11.3 Å². The minimum Gasteiger partial charge on any atom is -0.481 e. The molecule has 5 aromatic heterocycles. The largest absolute Gasteiger partial charge is 0.481 e. The first-order valence-electron chi connectivity index (χ1n) is 17.0. The van der Waals surface area contributed by atoms with E-state index in [0.29, 0.717) is 29.3 Å². The maximum absolute atomic E-state index is 14.2. The van der Waals surface area contributed by atoms with Crippen molar-refractivity contribution in [3.8, 4) is 27.7 Å². The second-order valence-corrected chi connectivity index (χ2v) is 15.9. The van der Waals surface area contributed by atoms with Crippen LogP contribution in [0.25, 0.3) is 31.9 Å². The van der Waals surface area contributed by atoms with Crippen molar-refractivity contribution in [2.24, 2.45) is 11.8 Å². The van der Waals surface area contributed by atoms with E-state index in [1.54, 1.807) is 30.7 Å². The van der Waals surface area contributed by atoms with Crippen molar-refractivity contribution in [1.29, 1.82) is 0 Å². The minimum atomic E-state index is -1.22. The Hall–Kier alpha value is -3.80. The van der Waals surface area contributed by atoms with E-state index in [-0.39, 0.29) is 12.0 Å². The van der Waals surface area contributed by atoms with E-state index < -0.39 is 10.8 Å². The maximum atomic E-state index is 14.2. The molecular formula is C37H40N6O3S2. The van der Waals surface area contributed by atoms with E-state index >= 15 is 0 Å². The Bertz CT molecular complexity index is 2010. The first-order chi connectivity index (χ1) is 23.5. The van der Waals surface area contributed by atoms with Gasteiger partial charge in [-0.2, -0.15) is 4.98 Å². The Labute approximate surface area is 287 Å². The van der Waals surface area contributed by atoms with Gasteiger partial charge in [0.2, 0.25) is 5.88 Å². The predicted octanol–water partition coefficient (Wildman–Crippen LogP) is 7.54. The molecule has 1 saturated heterocycles. The Morgan fingerprint density at radius 2 is 1.90 bits per heavy atom. The number of thiophene rings is 1. The average molecular weight is 681 g/mol. The monoisotopic (exact) mass is 680 g/mol. The number of methoxy groups -OCH3 is 1. The normalized spacial score (nSPS) is 20.7. The second kappa shape index (κ2) is 13.2. The zero-order valence-electron chi connectivity index (χ0n) is 27.6. The van der Waals surface area contributed by atoms with E-state index in [2.05, 4.69) is 42.3 Å². The molecule has 5 aromatic rings. The van der Waals surface area contributed by atoms with Crippen molar-refractivity contribution in [1.82, 2.24) is 24.9 Å². The molecular weight excluding hydrogens is 641 g/mol. The van der Waals surface area contributed by atoms with Crippen molar-refractivity contribution < 1.29 is 13.7 Å². The van der Waals surface area contributed by atoms with Gasteiger partial charge in [0.05, 0.1) is 50.5 Å². The molecule has 3 atom stereocenters. The van der Waals surface area contributed by atoms with Crippen LogP contribution in [-0.4, -0.2) is 55.2 Å². The maximum Gasteiger partial charge on any atom is 0.216 e. The van der Waals surface area contributed by atoms with Crippen LogP contribution in [0.15, 0.2) is 53.8 Å². The fourth-order valence-electron chi connectivity index (χ4n) is 7.48. The third-order valence-electron chi connectivity index (χ3n) is 10.1. The fraction of sp³-hybridized carbons (Fsp3) is 0.432. The first-order valence-corrected chi connectivity index (χ1v) is 19.1. The molecule has 3 aliphatic rings. The van der Waals surface area contributed by atoms with Gasteiger partial charge in [-0.05, 0) is 79.5 Å². The number of nitrogens with zero attached hydrogens (tertiary/aromatic N) is 5. The second-order valence-electron chi connectivity index (χ2n) is 13.4. The Morgan fingerprint density at radius 3 is 2.73 bits per heavy atom. The standard InChI is InChI=1S/C37H40N6O3S2/c1-21(2)25-20-48(44)35-32(29-19-23-10-15-40-37(34(23)47-29)42-27-9-8-26-24(27)5-4-14-38-26)31(36-39-16-11-30(43-36)45-3)28(41-33(25)35)7-6-22-12-17-46-18-13-22/h4-5,10-11,14-16,19,21-22,25,27H,6-9,12-13,17-18,20H2,1-3H3,(H,40,42). The van der Waals surface area contributed by atoms with Crippen LogP contribution in [0.2, 0.25) is 0 Å². The van der Waals surface area contributed by atoms with E-state index in [1.165, 1.54) is 5.56 Å². The molecule has 0 amide bonds. The highest BCUT2D eigenvalue weighted by Crippen LogP contribution is 2.50. The lowest BCUT2D eigenvalue weighted by Gasteiger charge is -2.23. The van der Waals surface area contributed by atoms with Crippen molar-refractivity contribution in [3.63, 3.8) is 0 Å². The molecule has 7 heterocycles.